The Morgan fingerprint density at radius 3 is 2.60 bits per heavy atom. The van der Waals surface area contributed by atoms with Crippen molar-refractivity contribution in [3.63, 3.8) is 0 Å². The Labute approximate surface area is 112 Å². The van der Waals surface area contributed by atoms with Crippen molar-refractivity contribution in [1.29, 1.82) is 0 Å². The smallest absolute Gasteiger partial charge is 0.393 e. The van der Waals surface area contributed by atoms with Crippen LogP contribution in [0.2, 0.25) is 0 Å². The Hall–Kier alpha value is -1.79. The van der Waals surface area contributed by atoms with Gasteiger partial charge in [0, 0.05) is 18.8 Å². The van der Waals surface area contributed by atoms with Gasteiger partial charge < -0.3 is 10.0 Å². The first-order chi connectivity index (χ1) is 9.29. The standard InChI is InChI=1S/C13H13F4NO2/c14-11-6-9(3-4-10(11)12(19)20)18-5-1-2-8(7-18)13(15,16)17/h3-4,6,8H,1-2,5,7H2,(H,19,20). The van der Waals surface area contributed by atoms with E-state index in [4.69, 9.17) is 5.11 Å². The van der Waals surface area contributed by atoms with Crippen LogP contribution in [0, 0.1) is 11.7 Å². The fourth-order valence-electron chi connectivity index (χ4n) is 2.35. The number of carboxylic acids is 1. The zero-order valence-electron chi connectivity index (χ0n) is 10.5. The first kappa shape index (κ1) is 14.6. The molecule has 0 saturated carbocycles. The lowest BCUT2D eigenvalue weighted by Crippen LogP contribution is -2.41. The number of rotatable bonds is 2. The monoisotopic (exact) mass is 291 g/mol. The number of aromatic carboxylic acids is 1. The lowest BCUT2D eigenvalue weighted by molar-refractivity contribution is -0.175. The molecular formula is C13H13F4NO2. The Morgan fingerprint density at radius 2 is 2.05 bits per heavy atom. The van der Waals surface area contributed by atoms with Crippen LogP contribution in [-0.4, -0.2) is 30.3 Å². The molecule has 1 atom stereocenters. The first-order valence-corrected chi connectivity index (χ1v) is 6.13. The van der Waals surface area contributed by atoms with Crippen LogP contribution in [0.1, 0.15) is 23.2 Å². The summed E-state index contributed by atoms with van der Waals surface area (Å²) >= 11 is 0. The van der Waals surface area contributed by atoms with Crippen LogP contribution in [0.25, 0.3) is 0 Å². The third-order valence-electron chi connectivity index (χ3n) is 3.43. The van der Waals surface area contributed by atoms with Gasteiger partial charge in [0.05, 0.1) is 11.5 Å². The van der Waals surface area contributed by atoms with Crippen molar-refractivity contribution in [2.24, 2.45) is 5.92 Å². The number of piperidine rings is 1. The molecule has 1 unspecified atom stereocenters. The minimum atomic E-state index is -4.27. The molecule has 1 heterocycles. The average Bonchev–Trinajstić information content (AvgIpc) is 2.37. The van der Waals surface area contributed by atoms with Crippen LogP contribution in [0.5, 0.6) is 0 Å². The average molecular weight is 291 g/mol. The van der Waals surface area contributed by atoms with Crippen LogP contribution < -0.4 is 4.90 Å². The number of carbonyl (C=O) groups is 1. The second-order valence-corrected chi connectivity index (χ2v) is 4.80. The number of hydrogen-bond donors (Lipinski definition) is 1. The third kappa shape index (κ3) is 3.02. The molecule has 0 amide bonds. The van der Waals surface area contributed by atoms with Crippen molar-refractivity contribution in [2.75, 3.05) is 18.0 Å². The molecule has 1 aromatic carbocycles. The topological polar surface area (TPSA) is 40.5 Å². The van der Waals surface area contributed by atoms with Crippen molar-refractivity contribution in [3.8, 4) is 0 Å². The summed E-state index contributed by atoms with van der Waals surface area (Å²) in [5.74, 6) is -3.77. The molecule has 0 aliphatic carbocycles. The molecule has 110 valence electrons. The number of hydrogen-bond acceptors (Lipinski definition) is 2. The number of benzene rings is 1. The molecule has 1 aromatic rings. The van der Waals surface area contributed by atoms with Gasteiger partial charge in [0.15, 0.2) is 0 Å². The molecule has 3 nitrogen and oxygen atoms in total. The van der Waals surface area contributed by atoms with E-state index >= 15 is 0 Å². The minimum absolute atomic E-state index is 0.0652. The van der Waals surface area contributed by atoms with Gasteiger partial charge in [-0.2, -0.15) is 13.2 Å². The van der Waals surface area contributed by atoms with E-state index in [9.17, 15) is 22.4 Å². The fourth-order valence-corrected chi connectivity index (χ4v) is 2.35. The van der Waals surface area contributed by atoms with E-state index in [0.717, 1.165) is 12.1 Å². The fraction of sp³-hybridized carbons (Fsp3) is 0.462. The number of halogens is 4. The molecule has 7 heteroatoms. The molecule has 1 N–H and O–H groups in total. The summed E-state index contributed by atoms with van der Waals surface area (Å²) in [5.41, 5.74) is -0.209. The highest BCUT2D eigenvalue weighted by molar-refractivity contribution is 5.88. The van der Waals surface area contributed by atoms with E-state index < -0.39 is 29.4 Å². The Balaban J connectivity index is 2.19. The number of alkyl halides is 3. The van der Waals surface area contributed by atoms with Crippen LogP contribution in [0.15, 0.2) is 18.2 Å². The van der Waals surface area contributed by atoms with Crippen molar-refractivity contribution in [3.05, 3.63) is 29.6 Å². The summed E-state index contributed by atoms with van der Waals surface area (Å²) in [5, 5.41) is 8.71. The lowest BCUT2D eigenvalue weighted by Gasteiger charge is -2.35. The maximum Gasteiger partial charge on any atom is 0.393 e. The van der Waals surface area contributed by atoms with Gasteiger partial charge in [-0.15, -0.1) is 0 Å². The molecule has 1 aliphatic heterocycles. The summed E-state index contributed by atoms with van der Waals surface area (Å²) < 4.78 is 51.7. The highest BCUT2D eigenvalue weighted by Gasteiger charge is 2.41. The van der Waals surface area contributed by atoms with Crippen LogP contribution >= 0.6 is 0 Å². The number of anilines is 1. The number of carboxylic acid groups (broad SMARTS) is 1. The molecule has 0 spiro atoms. The van der Waals surface area contributed by atoms with E-state index in [1.54, 1.807) is 0 Å². The van der Waals surface area contributed by atoms with E-state index in [1.807, 2.05) is 0 Å². The molecule has 20 heavy (non-hydrogen) atoms. The minimum Gasteiger partial charge on any atom is -0.478 e. The molecule has 1 fully saturated rings. The summed E-state index contributed by atoms with van der Waals surface area (Å²) in [6, 6.07) is 3.39. The zero-order valence-corrected chi connectivity index (χ0v) is 10.5. The molecular weight excluding hydrogens is 278 g/mol. The molecule has 1 saturated heterocycles. The summed E-state index contributed by atoms with van der Waals surface area (Å²) in [6.45, 7) is 0.174. The van der Waals surface area contributed by atoms with Crippen molar-refractivity contribution < 1.29 is 27.5 Å². The maximum absolute atomic E-state index is 13.6. The van der Waals surface area contributed by atoms with E-state index in [0.29, 0.717) is 13.0 Å². The van der Waals surface area contributed by atoms with Gasteiger partial charge >= 0.3 is 12.1 Å². The summed E-state index contributed by atoms with van der Waals surface area (Å²) in [7, 11) is 0. The largest absolute Gasteiger partial charge is 0.478 e. The quantitative estimate of drug-likeness (QED) is 0.850. The molecule has 0 aromatic heterocycles. The van der Waals surface area contributed by atoms with E-state index in [1.165, 1.54) is 11.0 Å². The zero-order chi connectivity index (χ0) is 14.9. The second kappa shape index (κ2) is 5.30. The summed E-state index contributed by atoms with van der Waals surface area (Å²) in [4.78, 5) is 12.1. The third-order valence-corrected chi connectivity index (χ3v) is 3.43. The highest BCUT2D eigenvalue weighted by atomic mass is 19.4. The summed E-state index contributed by atoms with van der Waals surface area (Å²) in [6.07, 6.45) is -3.83. The van der Waals surface area contributed by atoms with Gasteiger partial charge in [-0.25, -0.2) is 9.18 Å². The van der Waals surface area contributed by atoms with Crippen LogP contribution in [0.3, 0.4) is 0 Å². The number of nitrogens with zero attached hydrogens (tertiary/aromatic N) is 1. The van der Waals surface area contributed by atoms with Crippen molar-refractivity contribution in [1.82, 2.24) is 0 Å². The van der Waals surface area contributed by atoms with E-state index in [-0.39, 0.29) is 18.7 Å². The Bertz CT molecular complexity index is 516. The van der Waals surface area contributed by atoms with Gasteiger partial charge in [0.25, 0.3) is 0 Å². The van der Waals surface area contributed by atoms with Gasteiger partial charge in [-0.3, -0.25) is 0 Å². The van der Waals surface area contributed by atoms with Crippen molar-refractivity contribution >= 4 is 11.7 Å². The first-order valence-electron chi connectivity index (χ1n) is 6.13. The lowest BCUT2D eigenvalue weighted by atomic mass is 9.97. The molecule has 2 rings (SSSR count). The molecule has 1 aliphatic rings. The Morgan fingerprint density at radius 1 is 1.35 bits per heavy atom. The van der Waals surface area contributed by atoms with Gasteiger partial charge in [0.1, 0.15) is 5.82 Å². The second-order valence-electron chi connectivity index (χ2n) is 4.80. The SMILES string of the molecule is O=C(O)c1ccc(N2CCCC(C(F)(F)F)C2)cc1F. The van der Waals surface area contributed by atoms with Crippen LogP contribution in [-0.2, 0) is 0 Å². The molecule has 0 bridgehead atoms. The predicted molar refractivity (Wildman–Crippen MR) is 64.4 cm³/mol. The predicted octanol–water partition coefficient (Wildman–Crippen LogP) is 3.30. The maximum atomic E-state index is 13.6. The molecule has 0 radical (unpaired) electrons. The normalized spacial score (nSPS) is 20.0. The van der Waals surface area contributed by atoms with Crippen LogP contribution in [0.4, 0.5) is 23.2 Å². The van der Waals surface area contributed by atoms with Gasteiger partial charge in [0.2, 0.25) is 0 Å². The van der Waals surface area contributed by atoms with Gasteiger partial charge in [-0.1, -0.05) is 0 Å². The van der Waals surface area contributed by atoms with Gasteiger partial charge in [-0.05, 0) is 31.0 Å². The Kier molecular flexibility index (Phi) is 3.87. The highest BCUT2D eigenvalue weighted by Crippen LogP contribution is 2.35. The van der Waals surface area contributed by atoms with Crippen molar-refractivity contribution in [2.45, 2.75) is 19.0 Å². The van der Waals surface area contributed by atoms with E-state index in [2.05, 4.69) is 0 Å².